The van der Waals surface area contributed by atoms with Crippen molar-refractivity contribution in [2.45, 2.75) is 25.8 Å². The van der Waals surface area contributed by atoms with Gasteiger partial charge in [0.1, 0.15) is 0 Å². The molecule has 1 fully saturated rings. The van der Waals surface area contributed by atoms with Crippen molar-refractivity contribution in [3.63, 3.8) is 0 Å². The van der Waals surface area contributed by atoms with E-state index in [0.717, 1.165) is 18.5 Å². The van der Waals surface area contributed by atoms with E-state index in [1.807, 2.05) is 31.2 Å². The topological polar surface area (TPSA) is 46.2 Å². The summed E-state index contributed by atoms with van der Waals surface area (Å²) in [6.45, 7) is 2.98. The Kier molecular flexibility index (Phi) is 3.84. The Labute approximate surface area is 103 Å². The number of benzene rings is 1. The molecule has 17 heavy (non-hydrogen) atoms. The smallest absolute Gasteiger partial charge is 0.152 e. The van der Waals surface area contributed by atoms with Crippen LogP contribution in [0.15, 0.2) is 24.3 Å². The maximum atomic E-state index is 11.9. The van der Waals surface area contributed by atoms with Crippen molar-refractivity contribution in [3.8, 4) is 0 Å². The van der Waals surface area contributed by atoms with Gasteiger partial charge in [0, 0.05) is 6.04 Å². The monoisotopic (exact) mass is 253 g/mol. The molecule has 1 aliphatic rings. The van der Waals surface area contributed by atoms with E-state index in [0.29, 0.717) is 12.2 Å². The first-order chi connectivity index (χ1) is 8.07. The number of nitrogens with one attached hydrogen (secondary N) is 1. The predicted octanol–water partition coefficient (Wildman–Crippen LogP) is 1.31. The Morgan fingerprint density at radius 1 is 1.35 bits per heavy atom. The molecule has 0 amide bonds. The van der Waals surface area contributed by atoms with E-state index in [-0.39, 0.29) is 11.8 Å². The second-order valence-electron chi connectivity index (χ2n) is 4.73. The molecule has 2 rings (SSSR count). The Hall–Kier alpha value is -0.870. The van der Waals surface area contributed by atoms with Gasteiger partial charge in [-0.2, -0.15) is 0 Å². The largest absolute Gasteiger partial charge is 0.313 e. The molecule has 1 unspecified atom stereocenters. The summed E-state index contributed by atoms with van der Waals surface area (Å²) in [5, 5.41) is 3.13. The summed E-state index contributed by atoms with van der Waals surface area (Å²) in [5.74, 6) is 0.551. The van der Waals surface area contributed by atoms with Crippen LogP contribution in [0.4, 0.5) is 0 Å². The van der Waals surface area contributed by atoms with Crippen molar-refractivity contribution in [2.75, 3.05) is 18.1 Å². The number of aryl methyl sites for hydroxylation is 2. The minimum Gasteiger partial charge on any atom is -0.313 e. The van der Waals surface area contributed by atoms with Crippen LogP contribution in [-0.4, -0.2) is 32.5 Å². The van der Waals surface area contributed by atoms with Crippen LogP contribution >= 0.6 is 0 Å². The first-order valence-electron chi connectivity index (χ1n) is 6.05. The molecule has 1 aliphatic heterocycles. The standard InChI is InChI=1S/C13H19NO2S/c1-11-4-2-3-5-12(11)7-9-17(15,16)10-13-6-8-14-13/h2-5,13-14H,6-10H2,1H3. The van der Waals surface area contributed by atoms with Crippen LogP contribution in [0.2, 0.25) is 0 Å². The van der Waals surface area contributed by atoms with E-state index >= 15 is 0 Å². The van der Waals surface area contributed by atoms with Gasteiger partial charge in [0.05, 0.1) is 11.5 Å². The van der Waals surface area contributed by atoms with Gasteiger partial charge in [-0.15, -0.1) is 0 Å². The van der Waals surface area contributed by atoms with Crippen LogP contribution in [0, 0.1) is 6.92 Å². The minimum absolute atomic E-state index is 0.192. The molecule has 0 radical (unpaired) electrons. The SMILES string of the molecule is Cc1ccccc1CCS(=O)(=O)CC1CCN1. The molecule has 0 aliphatic carbocycles. The third kappa shape index (κ3) is 3.54. The lowest BCUT2D eigenvalue weighted by molar-refractivity contribution is 0.399. The first kappa shape index (κ1) is 12.6. The minimum atomic E-state index is -2.92. The summed E-state index contributed by atoms with van der Waals surface area (Å²) in [5.41, 5.74) is 2.31. The molecule has 1 heterocycles. The summed E-state index contributed by atoms with van der Waals surface area (Å²) in [6.07, 6.45) is 1.62. The second kappa shape index (κ2) is 5.19. The maximum Gasteiger partial charge on any atom is 0.152 e. The fourth-order valence-electron chi connectivity index (χ4n) is 2.04. The molecule has 1 atom stereocenters. The fourth-order valence-corrected chi connectivity index (χ4v) is 3.63. The molecule has 3 nitrogen and oxygen atoms in total. The summed E-state index contributed by atoms with van der Waals surface area (Å²) in [4.78, 5) is 0. The van der Waals surface area contributed by atoms with Crippen LogP contribution in [0.3, 0.4) is 0 Å². The normalized spacial score (nSPS) is 19.9. The zero-order valence-electron chi connectivity index (χ0n) is 10.1. The third-order valence-corrected chi connectivity index (χ3v) is 5.06. The number of sulfone groups is 1. The van der Waals surface area contributed by atoms with Gasteiger partial charge in [0.15, 0.2) is 9.84 Å². The molecule has 1 aromatic rings. The highest BCUT2D eigenvalue weighted by molar-refractivity contribution is 7.91. The predicted molar refractivity (Wildman–Crippen MR) is 69.9 cm³/mol. The van der Waals surface area contributed by atoms with Crippen molar-refractivity contribution >= 4 is 9.84 Å². The van der Waals surface area contributed by atoms with Crippen LogP contribution < -0.4 is 5.32 Å². The fraction of sp³-hybridized carbons (Fsp3) is 0.538. The van der Waals surface area contributed by atoms with Crippen molar-refractivity contribution in [2.24, 2.45) is 0 Å². The summed E-state index contributed by atoms with van der Waals surface area (Å²) in [7, 11) is -2.92. The Balaban J connectivity index is 1.90. The zero-order chi connectivity index (χ0) is 12.3. The van der Waals surface area contributed by atoms with Gasteiger partial charge in [0.2, 0.25) is 0 Å². The van der Waals surface area contributed by atoms with E-state index in [9.17, 15) is 8.42 Å². The Bertz CT molecular complexity index is 478. The van der Waals surface area contributed by atoms with Crippen LogP contribution in [0.1, 0.15) is 17.5 Å². The van der Waals surface area contributed by atoms with Gasteiger partial charge in [-0.25, -0.2) is 8.42 Å². The Morgan fingerprint density at radius 3 is 2.65 bits per heavy atom. The third-order valence-electron chi connectivity index (χ3n) is 3.32. The van der Waals surface area contributed by atoms with E-state index in [2.05, 4.69) is 5.32 Å². The molecule has 0 aromatic heterocycles. The van der Waals surface area contributed by atoms with Crippen molar-refractivity contribution in [3.05, 3.63) is 35.4 Å². The molecule has 1 N–H and O–H groups in total. The molecule has 1 aromatic carbocycles. The molecule has 1 saturated heterocycles. The molecule has 0 bridgehead atoms. The molecule has 4 heteroatoms. The molecular formula is C13H19NO2S. The van der Waals surface area contributed by atoms with Crippen molar-refractivity contribution in [1.82, 2.24) is 5.32 Å². The average Bonchev–Trinajstić information content (AvgIpc) is 2.23. The summed E-state index contributed by atoms with van der Waals surface area (Å²) in [6, 6.07) is 8.16. The van der Waals surface area contributed by atoms with E-state index < -0.39 is 9.84 Å². The van der Waals surface area contributed by atoms with E-state index in [1.165, 1.54) is 5.56 Å². The molecular weight excluding hydrogens is 234 g/mol. The van der Waals surface area contributed by atoms with E-state index in [1.54, 1.807) is 0 Å². The quantitative estimate of drug-likeness (QED) is 0.860. The highest BCUT2D eigenvalue weighted by atomic mass is 32.2. The lowest BCUT2D eigenvalue weighted by atomic mass is 10.1. The lowest BCUT2D eigenvalue weighted by Gasteiger charge is -2.27. The van der Waals surface area contributed by atoms with Crippen LogP contribution in [0.5, 0.6) is 0 Å². The molecule has 0 spiro atoms. The second-order valence-corrected chi connectivity index (χ2v) is 6.96. The zero-order valence-corrected chi connectivity index (χ0v) is 11.0. The number of hydrogen-bond acceptors (Lipinski definition) is 3. The molecule has 0 saturated carbocycles. The van der Waals surface area contributed by atoms with Crippen LogP contribution in [-0.2, 0) is 16.3 Å². The van der Waals surface area contributed by atoms with Gasteiger partial charge in [-0.3, -0.25) is 0 Å². The summed E-state index contributed by atoms with van der Waals surface area (Å²) >= 11 is 0. The highest BCUT2D eigenvalue weighted by Crippen LogP contribution is 2.11. The molecule has 94 valence electrons. The van der Waals surface area contributed by atoms with Gasteiger partial charge in [0.25, 0.3) is 0 Å². The maximum absolute atomic E-state index is 11.9. The van der Waals surface area contributed by atoms with Gasteiger partial charge < -0.3 is 5.32 Å². The number of hydrogen-bond donors (Lipinski definition) is 1. The van der Waals surface area contributed by atoms with Gasteiger partial charge in [-0.1, -0.05) is 24.3 Å². The highest BCUT2D eigenvalue weighted by Gasteiger charge is 2.23. The first-order valence-corrected chi connectivity index (χ1v) is 7.87. The van der Waals surface area contributed by atoms with Crippen molar-refractivity contribution in [1.29, 1.82) is 0 Å². The van der Waals surface area contributed by atoms with E-state index in [4.69, 9.17) is 0 Å². The van der Waals surface area contributed by atoms with Gasteiger partial charge in [-0.05, 0) is 37.4 Å². The number of rotatable bonds is 5. The average molecular weight is 253 g/mol. The summed E-state index contributed by atoms with van der Waals surface area (Å²) < 4.78 is 23.8. The van der Waals surface area contributed by atoms with Gasteiger partial charge >= 0.3 is 0 Å². The Morgan fingerprint density at radius 2 is 2.06 bits per heavy atom. The lowest BCUT2D eigenvalue weighted by Crippen LogP contribution is -2.47. The van der Waals surface area contributed by atoms with Crippen LogP contribution in [0.25, 0.3) is 0 Å². The van der Waals surface area contributed by atoms with Crippen molar-refractivity contribution < 1.29 is 8.42 Å².